The number of rotatable bonds is 11. The van der Waals surface area contributed by atoms with Gasteiger partial charge in [-0.15, -0.1) is 24.5 Å². The zero-order chi connectivity index (χ0) is 24.5. The molecule has 0 fully saturated rings. The van der Waals surface area contributed by atoms with Crippen molar-refractivity contribution in [3.05, 3.63) is 88.1 Å². The molecule has 0 atom stereocenters. The van der Waals surface area contributed by atoms with Crippen molar-refractivity contribution in [1.82, 2.24) is 15.3 Å². The number of nitrogens with zero attached hydrogens (tertiary/aromatic N) is 3. The Labute approximate surface area is 203 Å². The number of benzene rings is 2. The summed E-state index contributed by atoms with van der Waals surface area (Å²) in [5, 5.41) is 9.36. The topological polar surface area (TPSA) is 73.1 Å². The Hall–Kier alpha value is -3.70. The van der Waals surface area contributed by atoms with Crippen LogP contribution in [0.1, 0.15) is 21.8 Å². The van der Waals surface area contributed by atoms with Crippen LogP contribution in [-0.2, 0) is 24.5 Å². The van der Waals surface area contributed by atoms with E-state index in [0.29, 0.717) is 26.4 Å². The first kappa shape index (κ1) is 24.4. The monoisotopic (exact) mass is 503 g/mol. The molecule has 0 aliphatic rings. The molecule has 0 amide bonds. The van der Waals surface area contributed by atoms with Gasteiger partial charge < -0.3 is 14.2 Å². The lowest BCUT2D eigenvalue weighted by molar-refractivity contribution is -0.754. The number of aromatic nitrogens is 4. The van der Waals surface area contributed by atoms with Crippen LogP contribution in [0.3, 0.4) is 0 Å². The van der Waals surface area contributed by atoms with E-state index in [1.54, 1.807) is 30.5 Å². The predicted molar refractivity (Wildman–Crippen MR) is 123 cm³/mol. The number of ether oxygens (including phenoxy) is 3. The summed E-state index contributed by atoms with van der Waals surface area (Å²) < 4.78 is 53.9. The number of H-pyrrole nitrogens is 1. The van der Waals surface area contributed by atoms with Crippen LogP contribution in [0.5, 0.6) is 11.5 Å². The fourth-order valence-corrected chi connectivity index (χ4v) is 3.68. The lowest BCUT2D eigenvalue weighted by Crippen LogP contribution is -2.37. The number of nitrogens with one attached hydrogen (secondary N) is 1. The summed E-state index contributed by atoms with van der Waals surface area (Å²) in [5.41, 5.74) is 2.56. The average molecular weight is 504 g/mol. The van der Waals surface area contributed by atoms with Crippen LogP contribution in [0.2, 0.25) is 0 Å². The molecule has 0 radical (unpaired) electrons. The third-order valence-electron chi connectivity index (χ3n) is 4.66. The second-order valence-electron chi connectivity index (χ2n) is 7.33. The fourth-order valence-electron chi connectivity index (χ4n) is 2.98. The van der Waals surface area contributed by atoms with Crippen LogP contribution in [0.15, 0.2) is 66.3 Å². The number of aromatic amines is 1. The average Bonchev–Trinajstić information content (AvgIpc) is 3.52. The number of hydrogen-bond donors (Lipinski definition) is 1. The lowest BCUT2D eigenvalue weighted by atomic mass is 10.2. The van der Waals surface area contributed by atoms with Gasteiger partial charge in [-0.05, 0) is 41.5 Å². The van der Waals surface area contributed by atoms with Gasteiger partial charge >= 0.3 is 6.36 Å². The Morgan fingerprint density at radius 2 is 1.74 bits per heavy atom. The van der Waals surface area contributed by atoms with Gasteiger partial charge in [0, 0.05) is 10.5 Å². The van der Waals surface area contributed by atoms with Crippen molar-refractivity contribution in [2.75, 3.05) is 6.61 Å². The van der Waals surface area contributed by atoms with E-state index in [1.165, 1.54) is 23.5 Å². The van der Waals surface area contributed by atoms with Gasteiger partial charge in [-0.2, -0.15) is 4.68 Å². The molecular weight excluding hydrogens is 481 g/mol. The van der Waals surface area contributed by atoms with Crippen molar-refractivity contribution in [3.63, 3.8) is 0 Å². The maximum absolute atomic E-state index is 12.2. The minimum Gasteiger partial charge on any atom is -0.487 e. The van der Waals surface area contributed by atoms with Crippen LogP contribution >= 0.6 is 11.3 Å². The SMILES string of the molecule is FC(F)(F)Oc1ccc(C=Cc2nc(COc3ccc(COCC[n+]4ccn[nH]4)cc3)cs2)cc1. The molecule has 4 aromatic rings. The molecule has 2 aromatic heterocycles. The molecule has 11 heteroatoms. The maximum Gasteiger partial charge on any atom is 0.573 e. The Morgan fingerprint density at radius 1 is 0.971 bits per heavy atom. The van der Waals surface area contributed by atoms with Crippen molar-refractivity contribution >= 4 is 23.5 Å². The molecule has 0 spiro atoms. The van der Waals surface area contributed by atoms with Crippen molar-refractivity contribution in [2.24, 2.45) is 0 Å². The predicted octanol–water partition coefficient (Wildman–Crippen LogP) is 5.02. The highest BCUT2D eigenvalue weighted by atomic mass is 32.1. The second-order valence-corrected chi connectivity index (χ2v) is 8.22. The van der Waals surface area contributed by atoms with Crippen LogP contribution < -0.4 is 14.2 Å². The van der Waals surface area contributed by atoms with Crippen molar-refractivity contribution < 1.29 is 32.1 Å². The zero-order valence-electron chi connectivity index (χ0n) is 18.4. The van der Waals surface area contributed by atoms with E-state index in [1.807, 2.05) is 40.5 Å². The summed E-state index contributed by atoms with van der Waals surface area (Å²) in [7, 11) is 0. The fraction of sp³-hybridized carbons (Fsp3) is 0.208. The molecule has 2 aromatic carbocycles. The van der Waals surface area contributed by atoms with Crippen LogP contribution in [0.25, 0.3) is 12.2 Å². The van der Waals surface area contributed by atoms with Crippen molar-refractivity contribution in [1.29, 1.82) is 0 Å². The summed E-state index contributed by atoms with van der Waals surface area (Å²) in [4.78, 5) is 4.50. The summed E-state index contributed by atoms with van der Waals surface area (Å²) in [6.07, 6.45) is 2.40. The standard InChI is InChI=1S/C24H21F3N4O3S/c25-24(26,27)34-22-8-1-18(2-9-22)5-10-23-29-20(17-35-23)16-33-21-6-3-19(4-7-21)15-32-14-13-31-12-11-28-30-31/h1-12,17H,13-16H2/p+1. The molecular formula is C24H22F3N4O3S+. The molecule has 0 aliphatic carbocycles. The van der Waals surface area contributed by atoms with Gasteiger partial charge in [0.05, 0.1) is 18.9 Å². The largest absolute Gasteiger partial charge is 0.573 e. The van der Waals surface area contributed by atoms with Gasteiger partial charge in [0.1, 0.15) is 29.7 Å². The first-order valence-corrected chi connectivity index (χ1v) is 11.5. The second kappa shape index (κ2) is 11.6. The molecule has 7 nitrogen and oxygen atoms in total. The van der Waals surface area contributed by atoms with E-state index in [9.17, 15) is 13.2 Å². The minimum atomic E-state index is -4.70. The highest BCUT2D eigenvalue weighted by Crippen LogP contribution is 2.23. The highest BCUT2D eigenvalue weighted by molar-refractivity contribution is 7.10. The Kier molecular flexibility index (Phi) is 8.11. The van der Waals surface area contributed by atoms with Crippen molar-refractivity contribution in [3.8, 4) is 11.5 Å². The van der Waals surface area contributed by atoms with Crippen molar-refractivity contribution in [2.45, 2.75) is 26.1 Å². The van der Waals surface area contributed by atoms with E-state index in [4.69, 9.17) is 9.47 Å². The molecule has 4 rings (SSSR count). The molecule has 0 unspecified atom stereocenters. The molecule has 182 valence electrons. The van der Waals surface area contributed by atoms with E-state index >= 15 is 0 Å². The Morgan fingerprint density at radius 3 is 2.46 bits per heavy atom. The molecule has 0 saturated carbocycles. The van der Waals surface area contributed by atoms with E-state index in [-0.39, 0.29) is 5.75 Å². The van der Waals surface area contributed by atoms with Gasteiger partial charge in [-0.1, -0.05) is 35.6 Å². The number of thiazole rings is 1. The lowest BCUT2D eigenvalue weighted by Gasteiger charge is -2.08. The highest BCUT2D eigenvalue weighted by Gasteiger charge is 2.30. The number of halogens is 3. The Bertz CT molecular complexity index is 1210. The maximum atomic E-state index is 12.2. The number of alkyl halides is 3. The molecule has 35 heavy (non-hydrogen) atoms. The summed E-state index contributed by atoms with van der Waals surface area (Å²) >= 11 is 1.45. The number of hydrogen-bond acceptors (Lipinski definition) is 6. The molecule has 2 heterocycles. The minimum absolute atomic E-state index is 0.256. The van der Waals surface area contributed by atoms with Gasteiger partial charge in [0.2, 0.25) is 6.20 Å². The van der Waals surface area contributed by atoms with Gasteiger partial charge in [-0.25, -0.2) is 4.98 Å². The quantitative estimate of drug-likeness (QED) is 0.230. The molecule has 1 N–H and O–H groups in total. The smallest absolute Gasteiger partial charge is 0.487 e. The molecule has 0 bridgehead atoms. The first-order valence-electron chi connectivity index (χ1n) is 10.6. The summed E-state index contributed by atoms with van der Waals surface area (Å²) in [6, 6.07) is 13.3. The zero-order valence-corrected chi connectivity index (χ0v) is 19.3. The van der Waals surface area contributed by atoms with Gasteiger partial charge in [0.15, 0.2) is 6.20 Å². The van der Waals surface area contributed by atoms with Crippen LogP contribution in [0.4, 0.5) is 13.2 Å². The summed E-state index contributed by atoms with van der Waals surface area (Å²) in [5.74, 6) is 0.473. The van der Waals surface area contributed by atoms with Crippen LogP contribution in [0, 0.1) is 0 Å². The van der Waals surface area contributed by atoms with E-state index < -0.39 is 6.36 Å². The Balaban J connectivity index is 1.20. The molecule has 0 aliphatic heterocycles. The van der Waals surface area contributed by atoms with Crippen LogP contribution in [-0.4, -0.2) is 28.3 Å². The van der Waals surface area contributed by atoms with E-state index in [0.717, 1.165) is 27.6 Å². The third-order valence-corrected chi connectivity index (χ3v) is 5.52. The van der Waals surface area contributed by atoms with Gasteiger partial charge in [-0.3, -0.25) is 0 Å². The molecule has 0 saturated heterocycles. The first-order chi connectivity index (χ1) is 16.9. The summed E-state index contributed by atoms with van der Waals surface area (Å²) in [6.45, 7) is 2.11. The van der Waals surface area contributed by atoms with E-state index in [2.05, 4.69) is 20.0 Å². The van der Waals surface area contributed by atoms with Gasteiger partial charge in [0.25, 0.3) is 0 Å². The normalized spacial score (nSPS) is 11.7. The third kappa shape index (κ3) is 8.23.